The number of rotatable bonds is 4. The molecule has 2 rings (SSSR count). The first-order valence-corrected chi connectivity index (χ1v) is 6.15. The van der Waals surface area contributed by atoms with E-state index < -0.39 is 4.92 Å². The molecule has 8 heteroatoms. The molecule has 0 radical (unpaired) electrons. The average Bonchev–Trinajstić information content (AvgIpc) is 2.83. The van der Waals surface area contributed by atoms with Crippen LogP contribution in [0.25, 0.3) is 0 Å². The quantitative estimate of drug-likeness (QED) is 0.684. The molecule has 21 heavy (non-hydrogen) atoms. The first-order valence-electron chi connectivity index (χ1n) is 6.15. The summed E-state index contributed by atoms with van der Waals surface area (Å²) in [4.78, 5) is 23.9. The van der Waals surface area contributed by atoms with Crippen LogP contribution in [-0.4, -0.2) is 39.6 Å². The van der Waals surface area contributed by atoms with Gasteiger partial charge in [-0.1, -0.05) is 0 Å². The Bertz CT molecular complexity index is 693. The van der Waals surface area contributed by atoms with Crippen LogP contribution in [0.1, 0.15) is 10.4 Å². The average molecular weight is 289 g/mol. The fourth-order valence-corrected chi connectivity index (χ4v) is 1.80. The number of hydrogen-bond donors (Lipinski definition) is 1. The number of carbonyl (C=O) groups excluding carboxylic acids is 1. The van der Waals surface area contributed by atoms with E-state index >= 15 is 0 Å². The summed E-state index contributed by atoms with van der Waals surface area (Å²) >= 11 is 0. The molecule has 1 amide bonds. The first-order chi connectivity index (χ1) is 9.88. The minimum atomic E-state index is -0.530. The number of anilines is 2. The molecule has 1 heterocycles. The molecule has 0 bridgehead atoms. The van der Waals surface area contributed by atoms with Crippen LogP contribution in [0.15, 0.2) is 30.5 Å². The van der Waals surface area contributed by atoms with Crippen LogP contribution in [0.2, 0.25) is 0 Å². The molecule has 0 fully saturated rings. The summed E-state index contributed by atoms with van der Waals surface area (Å²) in [5, 5.41) is 18.1. The van der Waals surface area contributed by atoms with Crippen molar-refractivity contribution in [1.82, 2.24) is 14.7 Å². The Labute approximate surface area is 121 Å². The van der Waals surface area contributed by atoms with Crippen molar-refractivity contribution < 1.29 is 9.72 Å². The van der Waals surface area contributed by atoms with Crippen molar-refractivity contribution >= 4 is 23.1 Å². The van der Waals surface area contributed by atoms with E-state index in [1.54, 1.807) is 44.2 Å². The van der Waals surface area contributed by atoms with Crippen LogP contribution >= 0.6 is 0 Å². The number of aryl methyl sites for hydroxylation is 1. The van der Waals surface area contributed by atoms with E-state index in [1.165, 1.54) is 17.0 Å². The second-order valence-electron chi connectivity index (χ2n) is 4.69. The van der Waals surface area contributed by atoms with E-state index in [4.69, 9.17) is 0 Å². The Kier molecular flexibility index (Phi) is 3.88. The first kappa shape index (κ1) is 14.5. The number of nitro groups is 1. The second-order valence-corrected chi connectivity index (χ2v) is 4.69. The fraction of sp³-hybridized carbons (Fsp3) is 0.231. The van der Waals surface area contributed by atoms with Crippen molar-refractivity contribution in [1.29, 1.82) is 0 Å². The number of nitrogens with zero attached hydrogens (tertiary/aromatic N) is 4. The summed E-state index contributed by atoms with van der Waals surface area (Å²) in [7, 11) is 4.93. The molecule has 0 spiro atoms. The topological polar surface area (TPSA) is 93.3 Å². The number of hydrogen-bond acceptors (Lipinski definition) is 5. The highest BCUT2D eigenvalue weighted by Crippen LogP contribution is 2.28. The number of nitro benzene ring substituents is 1. The van der Waals surface area contributed by atoms with Gasteiger partial charge in [0.05, 0.1) is 4.92 Å². The van der Waals surface area contributed by atoms with Crippen molar-refractivity contribution in [3.63, 3.8) is 0 Å². The maximum absolute atomic E-state index is 11.9. The van der Waals surface area contributed by atoms with Crippen molar-refractivity contribution in [2.75, 3.05) is 19.4 Å². The summed E-state index contributed by atoms with van der Waals surface area (Å²) in [6, 6.07) is 6.00. The Morgan fingerprint density at radius 3 is 2.62 bits per heavy atom. The van der Waals surface area contributed by atoms with Gasteiger partial charge < -0.3 is 10.2 Å². The Morgan fingerprint density at radius 1 is 1.38 bits per heavy atom. The molecule has 0 aliphatic carbocycles. The summed E-state index contributed by atoms with van der Waals surface area (Å²) in [6.45, 7) is 0. The molecule has 1 aromatic carbocycles. The van der Waals surface area contributed by atoms with Crippen molar-refractivity contribution in [3.8, 4) is 0 Å². The highest BCUT2D eigenvalue weighted by Gasteiger charge is 2.19. The smallest absolute Gasteiger partial charge is 0.293 e. The Hall–Kier alpha value is -2.90. The van der Waals surface area contributed by atoms with Gasteiger partial charge in [-0.05, 0) is 12.1 Å². The molecule has 0 unspecified atom stereocenters. The molecule has 2 aromatic rings. The van der Waals surface area contributed by atoms with Gasteiger partial charge >= 0.3 is 0 Å². The molecule has 0 atom stereocenters. The fourth-order valence-electron chi connectivity index (χ4n) is 1.80. The predicted octanol–water partition coefficient (Wildman–Crippen LogP) is 1.77. The maximum Gasteiger partial charge on any atom is 0.293 e. The molecule has 8 nitrogen and oxygen atoms in total. The van der Waals surface area contributed by atoms with Gasteiger partial charge in [0.2, 0.25) is 0 Å². The van der Waals surface area contributed by atoms with Crippen LogP contribution in [-0.2, 0) is 7.05 Å². The number of benzene rings is 1. The van der Waals surface area contributed by atoms with Crippen molar-refractivity contribution in [2.24, 2.45) is 7.05 Å². The van der Waals surface area contributed by atoms with Crippen molar-refractivity contribution in [3.05, 3.63) is 46.1 Å². The third-order valence-electron chi connectivity index (χ3n) is 2.82. The number of nitrogens with one attached hydrogen (secondary N) is 1. The van der Waals surface area contributed by atoms with Gasteiger partial charge in [0, 0.05) is 45.0 Å². The molecular weight excluding hydrogens is 274 g/mol. The lowest BCUT2D eigenvalue weighted by Gasteiger charge is -2.11. The van der Waals surface area contributed by atoms with Crippen molar-refractivity contribution in [2.45, 2.75) is 0 Å². The van der Waals surface area contributed by atoms with Crippen LogP contribution in [0.4, 0.5) is 17.2 Å². The number of amides is 1. The molecule has 0 saturated heterocycles. The lowest BCUT2D eigenvalue weighted by molar-refractivity contribution is -0.383. The standard InChI is InChI=1S/C13H15N5O3/c1-16(2)13(19)9-4-5-10(11(8-9)18(20)21)14-12-6-7-17(3)15-12/h4-8H,1-3H3,(H,14,15). The van der Waals surface area contributed by atoms with Gasteiger partial charge in [0.15, 0.2) is 5.82 Å². The minimum Gasteiger partial charge on any atom is -0.345 e. The van der Waals surface area contributed by atoms with E-state index in [9.17, 15) is 14.9 Å². The van der Waals surface area contributed by atoms with E-state index in [-0.39, 0.29) is 22.8 Å². The normalized spacial score (nSPS) is 10.2. The molecule has 0 aliphatic heterocycles. The van der Waals surface area contributed by atoms with Gasteiger partial charge in [0.1, 0.15) is 5.69 Å². The van der Waals surface area contributed by atoms with E-state index in [1.807, 2.05) is 0 Å². The molecule has 0 saturated carbocycles. The summed E-state index contributed by atoms with van der Waals surface area (Å²) in [5.74, 6) is 0.203. The second kappa shape index (κ2) is 5.61. The number of carbonyl (C=O) groups is 1. The monoisotopic (exact) mass is 289 g/mol. The van der Waals surface area contributed by atoms with Crippen LogP contribution in [0.3, 0.4) is 0 Å². The summed E-state index contributed by atoms with van der Waals surface area (Å²) in [6.07, 6.45) is 1.72. The summed E-state index contributed by atoms with van der Waals surface area (Å²) in [5.41, 5.74) is 0.376. The van der Waals surface area contributed by atoms with Gasteiger partial charge in [0.25, 0.3) is 11.6 Å². The van der Waals surface area contributed by atoms with E-state index in [0.717, 1.165) is 0 Å². The minimum absolute atomic E-state index is 0.173. The molecule has 0 aliphatic rings. The Balaban J connectivity index is 2.38. The SMILES string of the molecule is CN(C)C(=O)c1ccc(Nc2ccn(C)n2)c([N+](=O)[O-])c1. The molecule has 110 valence electrons. The molecule has 1 N–H and O–H groups in total. The predicted molar refractivity (Wildman–Crippen MR) is 77.6 cm³/mol. The highest BCUT2D eigenvalue weighted by atomic mass is 16.6. The van der Waals surface area contributed by atoms with E-state index in [2.05, 4.69) is 10.4 Å². The summed E-state index contributed by atoms with van der Waals surface area (Å²) < 4.78 is 1.58. The third-order valence-corrected chi connectivity index (χ3v) is 2.82. The zero-order valence-electron chi connectivity index (χ0n) is 11.9. The maximum atomic E-state index is 11.9. The third kappa shape index (κ3) is 3.16. The largest absolute Gasteiger partial charge is 0.345 e. The van der Waals surface area contributed by atoms with Gasteiger partial charge in [-0.2, -0.15) is 5.10 Å². The molecule has 1 aromatic heterocycles. The highest BCUT2D eigenvalue weighted by molar-refractivity contribution is 5.95. The lowest BCUT2D eigenvalue weighted by atomic mass is 10.1. The molecular formula is C13H15N5O3. The van der Waals surface area contributed by atoms with Gasteiger partial charge in [-0.3, -0.25) is 19.6 Å². The lowest BCUT2D eigenvalue weighted by Crippen LogP contribution is -2.21. The van der Waals surface area contributed by atoms with Crippen LogP contribution < -0.4 is 5.32 Å². The van der Waals surface area contributed by atoms with Crippen LogP contribution in [0.5, 0.6) is 0 Å². The van der Waals surface area contributed by atoms with Gasteiger partial charge in [-0.15, -0.1) is 0 Å². The van der Waals surface area contributed by atoms with Gasteiger partial charge in [-0.25, -0.2) is 0 Å². The number of aromatic nitrogens is 2. The zero-order valence-corrected chi connectivity index (χ0v) is 11.9. The van der Waals surface area contributed by atoms with Crippen LogP contribution in [0, 0.1) is 10.1 Å². The van der Waals surface area contributed by atoms with E-state index in [0.29, 0.717) is 5.82 Å². The Morgan fingerprint density at radius 2 is 2.10 bits per heavy atom. The zero-order chi connectivity index (χ0) is 15.6.